The summed E-state index contributed by atoms with van der Waals surface area (Å²) in [6.45, 7) is 0. The predicted octanol–water partition coefficient (Wildman–Crippen LogP) is 2.07. The van der Waals surface area contributed by atoms with Gasteiger partial charge in [-0.3, -0.25) is 10.1 Å². The largest absolute Gasteiger partial charge is 0.393 e. The second kappa shape index (κ2) is 3.53. The van der Waals surface area contributed by atoms with Crippen LogP contribution < -0.4 is 5.73 Å². The number of nitrogens with two attached hydrogens (primary N) is 1. The van der Waals surface area contributed by atoms with Crippen LogP contribution in [0.3, 0.4) is 0 Å². The van der Waals surface area contributed by atoms with E-state index < -0.39 is 4.92 Å². The zero-order valence-electron chi connectivity index (χ0n) is 6.16. The molecule has 0 aliphatic carbocycles. The number of hydrogen-bond acceptors (Lipinski definition) is 3. The molecule has 0 fully saturated rings. The first-order valence-electron chi connectivity index (χ1n) is 3.24. The number of nitrogens with zero attached hydrogens (tertiary/aromatic N) is 1. The summed E-state index contributed by atoms with van der Waals surface area (Å²) in [5.74, 6) is 0. The number of nitrogen functional groups attached to an aromatic ring is 1. The Morgan fingerprint density at radius 1 is 1.58 bits per heavy atom. The van der Waals surface area contributed by atoms with Crippen molar-refractivity contribution in [3.8, 4) is 0 Å². The summed E-state index contributed by atoms with van der Waals surface area (Å²) >= 11 is 3.19. The van der Waals surface area contributed by atoms with Gasteiger partial charge in [-0.2, -0.15) is 0 Å². The van der Waals surface area contributed by atoms with E-state index in [9.17, 15) is 10.1 Å². The Morgan fingerprint density at radius 2 is 2.25 bits per heavy atom. The van der Waals surface area contributed by atoms with Crippen LogP contribution in [0.1, 0.15) is 5.56 Å². The van der Waals surface area contributed by atoms with Gasteiger partial charge in [0, 0.05) is 11.4 Å². The van der Waals surface area contributed by atoms with E-state index in [1.165, 1.54) is 6.07 Å². The molecule has 0 aliphatic heterocycles. The van der Waals surface area contributed by atoms with E-state index in [4.69, 9.17) is 5.73 Å². The van der Waals surface area contributed by atoms with Crippen LogP contribution in [0.2, 0.25) is 0 Å². The standard InChI is InChI=1S/C7H7BrN2O2/c8-4-5-2-1-3-6(7(5)9)10(11)12/h1-3H,4,9H2. The Bertz CT molecular complexity index is 314. The summed E-state index contributed by atoms with van der Waals surface area (Å²) in [4.78, 5) is 9.92. The predicted molar refractivity (Wildman–Crippen MR) is 50.1 cm³/mol. The molecule has 0 atom stereocenters. The topological polar surface area (TPSA) is 69.2 Å². The lowest BCUT2D eigenvalue weighted by Gasteiger charge is -2.00. The number of anilines is 1. The van der Waals surface area contributed by atoms with Crippen LogP contribution in [-0.2, 0) is 5.33 Å². The van der Waals surface area contributed by atoms with E-state index in [-0.39, 0.29) is 11.4 Å². The molecule has 0 aromatic heterocycles. The molecule has 1 aromatic carbocycles. The maximum absolute atomic E-state index is 10.4. The smallest absolute Gasteiger partial charge is 0.292 e. The molecule has 12 heavy (non-hydrogen) atoms. The second-order valence-electron chi connectivity index (χ2n) is 2.24. The molecule has 64 valence electrons. The third-order valence-corrected chi connectivity index (χ3v) is 2.12. The van der Waals surface area contributed by atoms with Crippen molar-refractivity contribution in [2.24, 2.45) is 0 Å². The van der Waals surface area contributed by atoms with Crippen LogP contribution in [0, 0.1) is 10.1 Å². The summed E-state index contributed by atoms with van der Waals surface area (Å²) in [5, 5.41) is 10.9. The SMILES string of the molecule is Nc1c(CBr)cccc1[N+](=O)[O-]. The van der Waals surface area contributed by atoms with Crippen LogP contribution in [0.4, 0.5) is 11.4 Å². The number of rotatable bonds is 2. The lowest BCUT2D eigenvalue weighted by molar-refractivity contribution is -0.383. The zero-order chi connectivity index (χ0) is 9.14. The Balaban J connectivity index is 3.23. The molecule has 0 bridgehead atoms. The highest BCUT2D eigenvalue weighted by molar-refractivity contribution is 9.08. The Morgan fingerprint density at radius 3 is 2.75 bits per heavy atom. The van der Waals surface area contributed by atoms with Crippen molar-refractivity contribution in [2.45, 2.75) is 5.33 Å². The number of para-hydroxylation sites is 1. The lowest BCUT2D eigenvalue weighted by Crippen LogP contribution is -1.98. The first-order valence-corrected chi connectivity index (χ1v) is 4.36. The van der Waals surface area contributed by atoms with Crippen molar-refractivity contribution in [3.05, 3.63) is 33.9 Å². The quantitative estimate of drug-likeness (QED) is 0.366. The highest BCUT2D eigenvalue weighted by atomic mass is 79.9. The van der Waals surface area contributed by atoms with Gasteiger partial charge in [-0.15, -0.1) is 0 Å². The summed E-state index contributed by atoms with van der Waals surface area (Å²) in [5.41, 5.74) is 6.46. The lowest BCUT2D eigenvalue weighted by atomic mass is 10.2. The number of alkyl halides is 1. The molecule has 0 saturated heterocycles. The van der Waals surface area contributed by atoms with Crippen molar-refractivity contribution in [1.29, 1.82) is 0 Å². The summed E-state index contributed by atoms with van der Waals surface area (Å²) in [6.07, 6.45) is 0. The minimum absolute atomic E-state index is 0.0352. The Kier molecular flexibility index (Phi) is 2.65. The minimum atomic E-state index is -0.485. The molecule has 0 radical (unpaired) electrons. The van der Waals surface area contributed by atoms with Crippen molar-refractivity contribution in [3.63, 3.8) is 0 Å². The Hall–Kier alpha value is -1.10. The molecule has 2 N–H and O–H groups in total. The molecule has 1 aromatic rings. The molecular formula is C7H7BrN2O2. The molecule has 0 heterocycles. The van der Waals surface area contributed by atoms with Gasteiger partial charge < -0.3 is 5.73 Å². The number of hydrogen-bond donors (Lipinski definition) is 1. The molecule has 0 saturated carbocycles. The van der Waals surface area contributed by atoms with Crippen molar-refractivity contribution >= 4 is 27.3 Å². The van der Waals surface area contributed by atoms with Gasteiger partial charge in [0.05, 0.1) is 4.92 Å². The molecule has 0 aliphatic rings. The summed E-state index contributed by atoms with van der Waals surface area (Å²) in [6, 6.07) is 4.75. The van der Waals surface area contributed by atoms with Gasteiger partial charge in [0.25, 0.3) is 5.69 Å². The third-order valence-electron chi connectivity index (χ3n) is 1.51. The van der Waals surface area contributed by atoms with E-state index in [0.29, 0.717) is 5.33 Å². The van der Waals surface area contributed by atoms with E-state index >= 15 is 0 Å². The number of nitro benzene ring substituents is 1. The van der Waals surface area contributed by atoms with Gasteiger partial charge >= 0.3 is 0 Å². The van der Waals surface area contributed by atoms with Crippen LogP contribution in [-0.4, -0.2) is 4.92 Å². The molecule has 0 unspecified atom stereocenters. The zero-order valence-corrected chi connectivity index (χ0v) is 7.74. The first-order chi connectivity index (χ1) is 5.66. The normalized spacial score (nSPS) is 9.75. The molecule has 5 heteroatoms. The number of nitro groups is 1. The highest BCUT2D eigenvalue weighted by Gasteiger charge is 2.12. The average molecular weight is 231 g/mol. The molecule has 4 nitrogen and oxygen atoms in total. The van der Waals surface area contributed by atoms with Gasteiger partial charge in [-0.05, 0) is 5.56 Å². The number of halogens is 1. The average Bonchev–Trinajstić information content (AvgIpc) is 2.04. The van der Waals surface area contributed by atoms with Crippen molar-refractivity contribution in [2.75, 3.05) is 5.73 Å². The highest BCUT2D eigenvalue weighted by Crippen LogP contribution is 2.25. The van der Waals surface area contributed by atoms with Gasteiger partial charge in [0.2, 0.25) is 0 Å². The van der Waals surface area contributed by atoms with Crippen LogP contribution in [0.15, 0.2) is 18.2 Å². The fourth-order valence-electron chi connectivity index (χ4n) is 0.875. The minimum Gasteiger partial charge on any atom is -0.393 e. The molecular weight excluding hydrogens is 224 g/mol. The van der Waals surface area contributed by atoms with Gasteiger partial charge in [-0.1, -0.05) is 28.1 Å². The van der Waals surface area contributed by atoms with Crippen LogP contribution in [0.25, 0.3) is 0 Å². The summed E-state index contributed by atoms with van der Waals surface area (Å²) < 4.78 is 0. The fraction of sp³-hybridized carbons (Fsp3) is 0.143. The van der Waals surface area contributed by atoms with E-state index in [1.807, 2.05) is 0 Å². The maximum Gasteiger partial charge on any atom is 0.292 e. The van der Waals surface area contributed by atoms with E-state index in [1.54, 1.807) is 12.1 Å². The first kappa shape index (κ1) is 8.99. The van der Waals surface area contributed by atoms with Crippen LogP contribution >= 0.6 is 15.9 Å². The monoisotopic (exact) mass is 230 g/mol. The van der Waals surface area contributed by atoms with Crippen LogP contribution in [0.5, 0.6) is 0 Å². The van der Waals surface area contributed by atoms with Crippen molar-refractivity contribution < 1.29 is 4.92 Å². The van der Waals surface area contributed by atoms with Gasteiger partial charge in [-0.25, -0.2) is 0 Å². The Labute approximate surface area is 77.7 Å². The molecule has 0 spiro atoms. The molecule has 0 amide bonds. The second-order valence-corrected chi connectivity index (χ2v) is 2.80. The van der Waals surface area contributed by atoms with E-state index in [0.717, 1.165) is 5.56 Å². The molecule has 1 rings (SSSR count). The van der Waals surface area contributed by atoms with E-state index in [2.05, 4.69) is 15.9 Å². The third kappa shape index (κ3) is 1.55. The van der Waals surface area contributed by atoms with Crippen molar-refractivity contribution in [1.82, 2.24) is 0 Å². The number of benzene rings is 1. The van der Waals surface area contributed by atoms with Gasteiger partial charge in [0.1, 0.15) is 5.69 Å². The maximum atomic E-state index is 10.4. The summed E-state index contributed by atoms with van der Waals surface area (Å²) in [7, 11) is 0. The fourth-order valence-corrected chi connectivity index (χ4v) is 1.36. The van der Waals surface area contributed by atoms with Gasteiger partial charge in [0.15, 0.2) is 0 Å².